The highest BCUT2D eigenvalue weighted by atomic mass is 32.1. The molecule has 0 fully saturated rings. The minimum absolute atomic E-state index is 0.0280. The van der Waals surface area contributed by atoms with E-state index in [1.54, 1.807) is 18.2 Å². The number of nitrogens with one attached hydrogen (secondary N) is 3. The van der Waals surface area contributed by atoms with Gasteiger partial charge in [-0.1, -0.05) is 0 Å². The number of aromatic amines is 1. The van der Waals surface area contributed by atoms with Crippen molar-refractivity contribution in [3.05, 3.63) is 46.1 Å². The Balaban J connectivity index is 0.00000187. The average molecular weight is 475 g/mol. The van der Waals surface area contributed by atoms with Gasteiger partial charge in [-0.25, -0.2) is 4.98 Å². The molecule has 33 heavy (non-hydrogen) atoms. The number of H-pyrrole nitrogens is 1. The van der Waals surface area contributed by atoms with Crippen molar-refractivity contribution in [1.82, 2.24) is 15.3 Å². The molecule has 0 aliphatic heterocycles. The zero-order valence-corrected chi connectivity index (χ0v) is 18.8. The van der Waals surface area contributed by atoms with Gasteiger partial charge in [0.2, 0.25) is 5.91 Å². The first kappa shape index (κ1) is 25.6. The number of amides is 3. The Morgan fingerprint density at radius 3 is 2.67 bits per heavy atom. The van der Waals surface area contributed by atoms with Crippen molar-refractivity contribution in [2.24, 2.45) is 11.5 Å². The van der Waals surface area contributed by atoms with E-state index in [2.05, 4.69) is 20.6 Å². The molecule has 0 spiro atoms. The fraction of sp³-hybridized carbons (Fsp3) is 0.286. The molecule has 0 aliphatic carbocycles. The normalized spacial score (nSPS) is 10.3. The van der Waals surface area contributed by atoms with Crippen molar-refractivity contribution in [3.8, 4) is 0 Å². The molecule has 12 heteroatoms. The molecule has 1 aromatic carbocycles. The third-order valence-electron chi connectivity index (χ3n) is 4.56. The topological polar surface area (TPSA) is 193 Å². The quantitative estimate of drug-likeness (QED) is 0.234. The second-order valence-electron chi connectivity index (χ2n) is 6.75. The number of nitrogens with two attached hydrogens (primary N) is 2. The van der Waals surface area contributed by atoms with Gasteiger partial charge in [-0.05, 0) is 43.1 Å². The summed E-state index contributed by atoms with van der Waals surface area (Å²) in [5, 5.41) is 14.8. The van der Waals surface area contributed by atoms with E-state index in [4.69, 9.17) is 16.6 Å². The predicted octanol–water partition coefficient (Wildman–Crippen LogP) is 0.794. The van der Waals surface area contributed by atoms with Gasteiger partial charge in [-0.3, -0.25) is 24.5 Å². The molecule has 2 heterocycles. The van der Waals surface area contributed by atoms with Crippen molar-refractivity contribution in [1.29, 1.82) is 0 Å². The summed E-state index contributed by atoms with van der Waals surface area (Å²) in [4.78, 5) is 54.0. The van der Waals surface area contributed by atoms with Gasteiger partial charge >= 0.3 is 0 Å². The molecule has 3 rings (SSSR count). The fourth-order valence-electron chi connectivity index (χ4n) is 3.05. The maximum atomic E-state index is 12.7. The van der Waals surface area contributed by atoms with E-state index in [0.29, 0.717) is 30.6 Å². The first-order valence-corrected chi connectivity index (χ1v) is 10.9. The van der Waals surface area contributed by atoms with Crippen LogP contribution in [-0.2, 0) is 11.2 Å². The van der Waals surface area contributed by atoms with Crippen molar-refractivity contribution in [3.63, 3.8) is 0 Å². The Morgan fingerprint density at radius 2 is 2.00 bits per heavy atom. The van der Waals surface area contributed by atoms with Gasteiger partial charge in [-0.2, -0.15) is 0 Å². The summed E-state index contributed by atoms with van der Waals surface area (Å²) >= 11 is 1.10. The second kappa shape index (κ2) is 12.4. The van der Waals surface area contributed by atoms with Gasteiger partial charge in [-0.15, -0.1) is 11.3 Å². The molecular formula is C21H26N6O5S. The minimum Gasteiger partial charge on any atom is -0.400 e. The van der Waals surface area contributed by atoms with Crippen LogP contribution in [0.2, 0.25) is 0 Å². The highest BCUT2D eigenvalue weighted by molar-refractivity contribution is 7.14. The largest absolute Gasteiger partial charge is 0.400 e. The number of nitrogens with zero attached hydrogens (tertiary/aromatic N) is 1. The van der Waals surface area contributed by atoms with Crippen LogP contribution in [0.4, 0.5) is 5.13 Å². The SMILES string of the molecule is CO.NCCCc1c(C=O)[nH]c2ccc(C(=O)Nc3nc(C(=O)NCCC(N)=O)cs3)cc12. The number of aldehydes is 1. The van der Waals surface area contributed by atoms with Crippen LogP contribution >= 0.6 is 11.3 Å². The number of hydrogen-bond donors (Lipinski definition) is 6. The smallest absolute Gasteiger partial charge is 0.270 e. The monoisotopic (exact) mass is 474 g/mol. The van der Waals surface area contributed by atoms with Gasteiger partial charge in [0.05, 0.1) is 5.69 Å². The predicted molar refractivity (Wildman–Crippen MR) is 125 cm³/mol. The third kappa shape index (κ3) is 6.68. The molecule has 0 bridgehead atoms. The number of benzene rings is 1. The van der Waals surface area contributed by atoms with Crippen molar-refractivity contribution < 1.29 is 24.3 Å². The number of rotatable bonds is 10. The molecule has 0 aliphatic rings. The highest BCUT2D eigenvalue weighted by Gasteiger charge is 2.16. The van der Waals surface area contributed by atoms with Gasteiger partial charge in [0.15, 0.2) is 11.4 Å². The van der Waals surface area contributed by atoms with E-state index >= 15 is 0 Å². The van der Waals surface area contributed by atoms with Crippen LogP contribution in [0, 0.1) is 0 Å². The lowest BCUT2D eigenvalue weighted by Gasteiger charge is -2.04. The van der Waals surface area contributed by atoms with Crippen LogP contribution in [0.25, 0.3) is 10.9 Å². The molecular weight excluding hydrogens is 448 g/mol. The Bertz CT molecular complexity index is 1140. The number of aryl methyl sites for hydroxylation is 1. The number of aliphatic hydroxyl groups is 1. The minimum atomic E-state index is -0.516. The molecule has 0 saturated heterocycles. The highest BCUT2D eigenvalue weighted by Crippen LogP contribution is 2.25. The number of fused-ring (bicyclic) bond motifs is 1. The van der Waals surface area contributed by atoms with Crippen molar-refractivity contribution in [2.75, 3.05) is 25.5 Å². The number of carbonyl (C=O) groups excluding carboxylic acids is 4. The van der Waals surface area contributed by atoms with Gasteiger partial charge in [0.25, 0.3) is 11.8 Å². The molecule has 2 aromatic heterocycles. The number of anilines is 1. The summed E-state index contributed by atoms with van der Waals surface area (Å²) in [7, 11) is 1.00. The van der Waals surface area contributed by atoms with Crippen molar-refractivity contribution >= 4 is 51.4 Å². The summed E-state index contributed by atoms with van der Waals surface area (Å²) in [5.41, 5.74) is 13.2. The van der Waals surface area contributed by atoms with E-state index in [1.807, 2.05) is 0 Å². The summed E-state index contributed by atoms with van der Waals surface area (Å²) in [6.45, 7) is 0.604. The number of aromatic nitrogens is 2. The van der Waals surface area contributed by atoms with Crippen LogP contribution in [0.15, 0.2) is 23.6 Å². The number of thiazole rings is 1. The van der Waals surface area contributed by atoms with Crippen LogP contribution in [-0.4, -0.2) is 59.3 Å². The zero-order chi connectivity index (χ0) is 24.4. The Morgan fingerprint density at radius 1 is 1.24 bits per heavy atom. The van der Waals surface area contributed by atoms with E-state index < -0.39 is 17.7 Å². The van der Waals surface area contributed by atoms with E-state index in [0.717, 1.165) is 41.2 Å². The standard InChI is InChI=1S/C20H22N6O4S.CH4O/c21-6-1-2-12-13-8-11(3-4-14(13)24-15(12)9-27)18(29)26-20-25-16(10-31-20)19(30)23-7-5-17(22)28;1-2/h3-4,8-10,24H,1-2,5-7,21H2,(H2,22,28)(H,23,30)(H,25,26,29);2H,1H3. The molecule has 11 nitrogen and oxygen atoms in total. The molecule has 0 atom stereocenters. The Kier molecular flexibility index (Phi) is 9.66. The van der Waals surface area contributed by atoms with Gasteiger partial charge in [0, 0.05) is 41.9 Å². The molecule has 0 radical (unpaired) electrons. The van der Waals surface area contributed by atoms with Crippen LogP contribution in [0.3, 0.4) is 0 Å². The Hall–Kier alpha value is -3.61. The summed E-state index contributed by atoms with van der Waals surface area (Å²) in [6, 6.07) is 5.09. The number of hydrogen-bond acceptors (Lipinski definition) is 8. The van der Waals surface area contributed by atoms with Crippen LogP contribution in [0.1, 0.15) is 49.7 Å². The zero-order valence-electron chi connectivity index (χ0n) is 18.0. The first-order chi connectivity index (χ1) is 15.9. The number of carbonyl (C=O) groups is 4. The van der Waals surface area contributed by atoms with Crippen LogP contribution in [0.5, 0.6) is 0 Å². The lowest BCUT2D eigenvalue weighted by atomic mass is 10.0. The summed E-state index contributed by atoms with van der Waals surface area (Å²) in [5.74, 6) is -1.37. The number of primary amides is 1. The molecule has 8 N–H and O–H groups in total. The maximum Gasteiger partial charge on any atom is 0.270 e. The number of aliphatic hydroxyl groups excluding tert-OH is 1. The molecule has 0 unspecified atom stereocenters. The summed E-state index contributed by atoms with van der Waals surface area (Å²) in [6.07, 6.45) is 2.13. The lowest BCUT2D eigenvalue weighted by Crippen LogP contribution is -2.28. The van der Waals surface area contributed by atoms with Crippen molar-refractivity contribution in [2.45, 2.75) is 19.3 Å². The van der Waals surface area contributed by atoms with Crippen LogP contribution < -0.4 is 22.1 Å². The molecule has 3 amide bonds. The molecule has 176 valence electrons. The second-order valence-corrected chi connectivity index (χ2v) is 7.61. The molecule has 0 saturated carbocycles. The van der Waals surface area contributed by atoms with E-state index in [9.17, 15) is 19.2 Å². The maximum absolute atomic E-state index is 12.7. The molecule has 3 aromatic rings. The van der Waals surface area contributed by atoms with E-state index in [1.165, 1.54) is 5.38 Å². The first-order valence-electron chi connectivity index (χ1n) is 10.0. The summed E-state index contributed by atoms with van der Waals surface area (Å²) < 4.78 is 0. The third-order valence-corrected chi connectivity index (χ3v) is 5.32. The van der Waals surface area contributed by atoms with Gasteiger partial charge in [0.1, 0.15) is 5.69 Å². The lowest BCUT2D eigenvalue weighted by molar-refractivity contribution is -0.117. The van der Waals surface area contributed by atoms with E-state index in [-0.39, 0.29) is 23.8 Å². The van der Waals surface area contributed by atoms with Gasteiger partial charge < -0.3 is 26.9 Å². The fourth-order valence-corrected chi connectivity index (χ4v) is 3.74. The Labute approximate surface area is 193 Å². The average Bonchev–Trinajstić information content (AvgIpc) is 3.42.